The third-order valence-corrected chi connectivity index (χ3v) is 6.24. The van der Waals surface area contributed by atoms with Crippen LogP contribution >= 0.6 is 0 Å². The molecule has 0 aliphatic carbocycles. The van der Waals surface area contributed by atoms with E-state index in [0.29, 0.717) is 22.2 Å². The highest BCUT2D eigenvalue weighted by Gasteiger charge is 2.35. The third-order valence-electron chi connectivity index (χ3n) is 6.24. The summed E-state index contributed by atoms with van der Waals surface area (Å²) in [5, 5.41) is 8.81. The van der Waals surface area contributed by atoms with Crippen LogP contribution in [0.2, 0.25) is 0 Å². The fourth-order valence-corrected chi connectivity index (χ4v) is 4.28. The molecule has 2 heterocycles. The van der Waals surface area contributed by atoms with Gasteiger partial charge in [0, 0.05) is 29.3 Å². The maximum absolute atomic E-state index is 13.4. The molecular weight excluding hydrogens is 439 g/mol. The van der Waals surface area contributed by atoms with E-state index in [1.165, 1.54) is 22.6 Å². The van der Waals surface area contributed by atoms with E-state index in [1.807, 2.05) is 44.2 Å². The van der Waals surface area contributed by atoms with Crippen molar-refractivity contribution in [3.8, 4) is 11.1 Å². The van der Waals surface area contributed by atoms with Crippen molar-refractivity contribution in [2.45, 2.75) is 26.4 Å². The predicted molar refractivity (Wildman–Crippen MR) is 127 cm³/mol. The van der Waals surface area contributed by atoms with Crippen molar-refractivity contribution < 1.29 is 18.0 Å². The number of rotatable bonds is 2. The van der Waals surface area contributed by atoms with Gasteiger partial charge in [-0.15, -0.1) is 0 Å². The highest BCUT2D eigenvalue weighted by molar-refractivity contribution is 6.46. The number of nitrogens with zero attached hydrogens (tertiary/aromatic N) is 2. The number of hydrogen-bond donors (Lipinski definition) is 1. The molecule has 34 heavy (non-hydrogen) atoms. The molecule has 0 fully saturated rings. The second-order valence-corrected chi connectivity index (χ2v) is 8.51. The third kappa shape index (κ3) is 3.63. The maximum atomic E-state index is 13.4. The van der Waals surface area contributed by atoms with Gasteiger partial charge in [0.2, 0.25) is 0 Å². The summed E-state index contributed by atoms with van der Waals surface area (Å²) in [6.07, 6.45) is -2.89. The Kier molecular flexibility index (Phi) is 5.01. The highest BCUT2D eigenvalue weighted by atomic mass is 19.4. The number of anilines is 2. The van der Waals surface area contributed by atoms with Crippen LogP contribution in [0.25, 0.3) is 22.0 Å². The van der Waals surface area contributed by atoms with Crippen LogP contribution in [0, 0.1) is 19.3 Å². The van der Waals surface area contributed by atoms with Gasteiger partial charge in [0.05, 0.1) is 16.8 Å². The lowest BCUT2D eigenvalue weighted by Crippen LogP contribution is -2.38. The fraction of sp³-hybridized carbons (Fsp3) is 0.148. The van der Waals surface area contributed by atoms with Crippen LogP contribution < -0.4 is 4.90 Å². The van der Waals surface area contributed by atoms with Crippen molar-refractivity contribution in [3.63, 3.8) is 0 Å². The molecule has 0 saturated carbocycles. The van der Waals surface area contributed by atoms with E-state index < -0.39 is 17.6 Å². The van der Waals surface area contributed by atoms with E-state index >= 15 is 0 Å². The minimum atomic E-state index is -4.55. The van der Waals surface area contributed by atoms with Crippen LogP contribution in [0.15, 0.2) is 66.9 Å². The lowest BCUT2D eigenvalue weighted by atomic mass is 9.94. The Balaban J connectivity index is 1.75. The Morgan fingerprint density at radius 2 is 1.68 bits per heavy atom. The van der Waals surface area contributed by atoms with Gasteiger partial charge in [-0.3, -0.25) is 20.1 Å². The number of aromatic nitrogens is 1. The molecular formula is C27H20F3N3O. The van der Waals surface area contributed by atoms with Crippen molar-refractivity contribution >= 4 is 33.9 Å². The molecule has 3 aromatic carbocycles. The molecule has 0 saturated heterocycles. The normalized spacial score (nSPS) is 14.0. The molecule has 7 heteroatoms. The lowest BCUT2D eigenvalue weighted by Gasteiger charge is -2.31. The summed E-state index contributed by atoms with van der Waals surface area (Å²) in [6.45, 7) is 4.07. The second kappa shape index (κ2) is 7.80. The van der Waals surface area contributed by atoms with Crippen LogP contribution in [-0.4, -0.2) is 16.6 Å². The minimum Gasteiger partial charge on any atom is -0.299 e. The molecule has 170 valence electrons. The Bertz CT molecular complexity index is 1490. The first-order valence-corrected chi connectivity index (χ1v) is 10.7. The van der Waals surface area contributed by atoms with Crippen molar-refractivity contribution in [1.29, 1.82) is 5.41 Å². The van der Waals surface area contributed by atoms with E-state index in [4.69, 9.17) is 5.41 Å². The quantitative estimate of drug-likeness (QED) is 0.359. The molecule has 0 atom stereocenters. The highest BCUT2D eigenvalue weighted by Crippen LogP contribution is 2.41. The molecule has 4 nitrogen and oxygen atoms in total. The summed E-state index contributed by atoms with van der Waals surface area (Å²) in [5.74, 6) is -0.643. The largest absolute Gasteiger partial charge is 0.416 e. The van der Waals surface area contributed by atoms with E-state index in [0.717, 1.165) is 28.8 Å². The van der Waals surface area contributed by atoms with Gasteiger partial charge in [-0.2, -0.15) is 13.2 Å². The van der Waals surface area contributed by atoms with Gasteiger partial charge in [-0.25, -0.2) is 0 Å². The zero-order valence-electron chi connectivity index (χ0n) is 18.5. The number of aryl methyl sites for hydroxylation is 2. The van der Waals surface area contributed by atoms with Crippen LogP contribution in [0.1, 0.15) is 22.3 Å². The molecule has 0 unspecified atom stereocenters. The van der Waals surface area contributed by atoms with Crippen molar-refractivity contribution in [3.05, 3.63) is 89.1 Å². The molecule has 5 rings (SSSR count). The van der Waals surface area contributed by atoms with E-state index in [2.05, 4.69) is 11.1 Å². The van der Waals surface area contributed by atoms with Gasteiger partial charge in [-0.1, -0.05) is 30.3 Å². The van der Waals surface area contributed by atoms with Crippen molar-refractivity contribution in [2.24, 2.45) is 0 Å². The first-order chi connectivity index (χ1) is 16.1. The number of fused-ring (bicyclic) bond motifs is 3. The number of benzene rings is 3. The van der Waals surface area contributed by atoms with Gasteiger partial charge in [0.1, 0.15) is 5.71 Å². The predicted octanol–water partition coefficient (Wildman–Crippen LogP) is 6.78. The summed E-state index contributed by atoms with van der Waals surface area (Å²) in [6, 6.07) is 16.4. The Labute approximate surface area is 194 Å². The molecule has 0 bridgehead atoms. The molecule has 4 aromatic rings. The van der Waals surface area contributed by atoms with Crippen LogP contribution in [0.3, 0.4) is 0 Å². The number of carbonyl (C=O) groups excluding carboxylic acids is 1. The molecule has 1 aliphatic heterocycles. The van der Waals surface area contributed by atoms with Gasteiger partial charge >= 0.3 is 6.18 Å². The topological polar surface area (TPSA) is 57.1 Å². The molecule has 1 aromatic heterocycles. The molecule has 0 radical (unpaired) electrons. The minimum absolute atomic E-state index is 0.0645. The zero-order chi connectivity index (χ0) is 24.2. The van der Waals surface area contributed by atoms with Crippen molar-refractivity contribution in [2.75, 3.05) is 4.90 Å². The number of amides is 1. The molecule has 0 spiro atoms. The fourth-order valence-electron chi connectivity index (χ4n) is 4.28. The van der Waals surface area contributed by atoms with Crippen LogP contribution in [0.4, 0.5) is 24.5 Å². The van der Waals surface area contributed by atoms with Crippen LogP contribution in [-0.2, 0) is 17.4 Å². The Hall–Kier alpha value is -4.00. The van der Waals surface area contributed by atoms with Gasteiger partial charge < -0.3 is 0 Å². The Morgan fingerprint density at radius 3 is 2.41 bits per heavy atom. The van der Waals surface area contributed by atoms with Crippen LogP contribution in [0.5, 0.6) is 0 Å². The Morgan fingerprint density at radius 1 is 0.941 bits per heavy atom. The summed E-state index contributed by atoms with van der Waals surface area (Å²) in [4.78, 5) is 18.8. The van der Waals surface area contributed by atoms with Gasteiger partial charge in [-0.05, 0) is 66.4 Å². The smallest absolute Gasteiger partial charge is 0.299 e. The van der Waals surface area contributed by atoms with E-state index in [9.17, 15) is 18.0 Å². The number of halogens is 3. The number of alkyl halides is 3. The first kappa shape index (κ1) is 21.8. The van der Waals surface area contributed by atoms with Gasteiger partial charge in [0.25, 0.3) is 5.91 Å². The first-order valence-electron chi connectivity index (χ1n) is 10.7. The summed E-state index contributed by atoms with van der Waals surface area (Å²) in [7, 11) is 0. The summed E-state index contributed by atoms with van der Waals surface area (Å²) < 4.78 is 40.2. The van der Waals surface area contributed by atoms with E-state index in [-0.39, 0.29) is 17.8 Å². The average molecular weight is 459 g/mol. The molecule has 1 aliphatic rings. The number of pyridine rings is 1. The maximum Gasteiger partial charge on any atom is 0.416 e. The summed E-state index contributed by atoms with van der Waals surface area (Å²) >= 11 is 0. The standard InChI is InChI=1S/C27H20F3N3O/c1-15-6-7-17(10-16(15)2)18-8-9-24-22(11-18)25-19(14-32-24)12-23(31)26(34)33(25)21-5-3-4-20(13-21)27(28,29)30/h3-11,13-14,31H,12H2,1-2H3. The van der Waals surface area contributed by atoms with Crippen molar-refractivity contribution in [1.82, 2.24) is 4.98 Å². The zero-order valence-corrected chi connectivity index (χ0v) is 18.5. The number of carbonyl (C=O) groups is 1. The molecule has 1 N–H and O–H groups in total. The summed E-state index contributed by atoms with van der Waals surface area (Å²) in [5.41, 5.74) is 4.92. The SMILES string of the molecule is Cc1ccc(-c2ccc3ncc4c(c3c2)N(c2cccc(C(F)(F)F)c2)C(=O)C(=N)C4)cc1C. The lowest BCUT2D eigenvalue weighted by molar-refractivity contribution is -0.137. The number of nitrogens with one attached hydrogen (secondary N) is 1. The second-order valence-electron chi connectivity index (χ2n) is 8.51. The number of hydrogen-bond acceptors (Lipinski definition) is 3. The molecule has 1 amide bonds. The van der Waals surface area contributed by atoms with E-state index in [1.54, 1.807) is 6.20 Å². The average Bonchev–Trinajstić information content (AvgIpc) is 2.81. The van der Waals surface area contributed by atoms with Gasteiger partial charge in [0.15, 0.2) is 0 Å². The monoisotopic (exact) mass is 459 g/mol.